The first-order chi connectivity index (χ1) is 8.78. The lowest BCUT2D eigenvalue weighted by Crippen LogP contribution is -1.98. The summed E-state index contributed by atoms with van der Waals surface area (Å²) in [6.07, 6.45) is 3.02. The largest absolute Gasteiger partial charge is 0.298 e. The third kappa shape index (κ3) is 2.26. The molecule has 0 atom stereocenters. The highest BCUT2D eigenvalue weighted by Crippen LogP contribution is 2.39. The highest BCUT2D eigenvalue weighted by Gasteiger charge is 2.28. The molecular formula is C11H9ClN4OS. The summed E-state index contributed by atoms with van der Waals surface area (Å²) in [6.45, 7) is 0. The van der Waals surface area contributed by atoms with Crippen LogP contribution >= 0.6 is 23.4 Å². The maximum absolute atomic E-state index is 10.6. The van der Waals surface area contributed by atoms with Crippen molar-refractivity contribution in [2.45, 2.75) is 28.9 Å². The Kier molecular flexibility index (Phi) is 3.05. The molecule has 0 spiro atoms. The van der Waals surface area contributed by atoms with Gasteiger partial charge in [0, 0.05) is 10.5 Å². The van der Waals surface area contributed by atoms with Crippen LogP contribution in [0.4, 0.5) is 0 Å². The number of carbonyl (C=O) groups excluding carboxylic acids is 1. The first kappa shape index (κ1) is 11.7. The summed E-state index contributed by atoms with van der Waals surface area (Å²) in [5.41, 5.74) is 0.561. The van der Waals surface area contributed by atoms with Gasteiger partial charge in [0.2, 0.25) is 5.16 Å². The number of halogens is 1. The Morgan fingerprint density at radius 3 is 2.94 bits per heavy atom. The average Bonchev–Trinajstić information content (AvgIpc) is 3.12. The van der Waals surface area contributed by atoms with Gasteiger partial charge in [0.1, 0.15) is 6.29 Å². The smallest absolute Gasteiger partial charge is 0.214 e. The fraction of sp³-hybridized carbons (Fsp3) is 0.273. The minimum atomic E-state index is 0.426. The molecular weight excluding hydrogens is 272 g/mol. The molecule has 0 unspecified atom stereocenters. The number of benzene rings is 1. The fourth-order valence-corrected chi connectivity index (χ4v) is 2.72. The molecule has 0 amide bonds. The molecule has 3 rings (SSSR count). The predicted octanol–water partition coefficient (Wildman–Crippen LogP) is 2.63. The van der Waals surface area contributed by atoms with E-state index >= 15 is 0 Å². The third-order valence-corrected chi connectivity index (χ3v) is 4.10. The van der Waals surface area contributed by atoms with Crippen LogP contribution in [-0.4, -0.2) is 26.5 Å². The minimum Gasteiger partial charge on any atom is -0.298 e. The molecule has 92 valence electrons. The second kappa shape index (κ2) is 4.70. The van der Waals surface area contributed by atoms with Crippen molar-refractivity contribution in [2.24, 2.45) is 0 Å². The average molecular weight is 281 g/mol. The zero-order valence-corrected chi connectivity index (χ0v) is 10.9. The molecule has 1 heterocycles. The van der Waals surface area contributed by atoms with Gasteiger partial charge in [-0.1, -0.05) is 17.7 Å². The van der Waals surface area contributed by atoms with Crippen molar-refractivity contribution in [3.63, 3.8) is 0 Å². The SMILES string of the molecule is O=Cc1ccc(Sc2nnnn2C2CC2)c(Cl)c1. The number of aldehydes is 1. The molecule has 1 aromatic carbocycles. The number of aromatic nitrogens is 4. The third-order valence-electron chi connectivity index (χ3n) is 2.65. The van der Waals surface area contributed by atoms with Crippen molar-refractivity contribution in [1.82, 2.24) is 20.2 Å². The molecule has 1 aliphatic carbocycles. The molecule has 0 N–H and O–H groups in total. The first-order valence-electron chi connectivity index (χ1n) is 5.48. The zero-order chi connectivity index (χ0) is 12.5. The number of tetrazole rings is 1. The Morgan fingerprint density at radius 1 is 1.44 bits per heavy atom. The summed E-state index contributed by atoms with van der Waals surface area (Å²) < 4.78 is 1.83. The summed E-state index contributed by atoms with van der Waals surface area (Å²) in [5.74, 6) is 0. The highest BCUT2D eigenvalue weighted by atomic mass is 35.5. The summed E-state index contributed by atoms with van der Waals surface area (Å²) in [7, 11) is 0. The fourth-order valence-electron chi connectivity index (χ4n) is 1.57. The van der Waals surface area contributed by atoms with E-state index in [1.54, 1.807) is 12.1 Å². The van der Waals surface area contributed by atoms with Gasteiger partial charge in [-0.15, -0.1) is 5.10 Å². The monoisotopic (exact) mass is 280 g/mol. The van der Waals surface area contributed by atoms with Crippen LogP contribution in [0, 0.1) is 0 Å². The lowest BCUT2D eigenvalue weighted by Gasteiger charge is -2.04. The van der Waals surface area contributed by atoms with E-state index in [2.05, 4.69) is 15.5 Å². The quantitative estimate of drug-likeness (QED) is 0.806. The van der Waals surface area contributed by atoms with E-state index in [-0.39, 0.29) is 0 Å². The van der Waals surface area contributed by atoms with Gasteiger partial charge < -0.3 is 0 Å². The zero-order valence-electron chi connectivity index (χ0n) is 9.28. The predicted molar refractivity (Wildman–Crippen MR) is 67.1 cm³/mol. The Bertz CT molecular complexity index is 596. The van der Waals surface area contributed by atoms with Gasteiger partial charge in [-0.2, -0.15) is 0 Å². The molecule has 1 aliphatic rings. The molecule has 1 aromatic heterocycles. The number of hydrogen-bond acceptors (Lipinski definition) is 5. The van der Waals surface area contributed by atoms with Crippen LogP contribution in [0.5, 0.6) is 0 Å². The Balaban J connectivity index is 1.87. The maximum atomic E-state index is 10.6. The molecule has 1 fully saturated rings. The first-order valence-corrected chi connectivity index (χ1v) is 6.68. The van der Waals surface area contributed by atoms with Crippen LogP contribution in [0.1, 0.15) is 29.2 Å². The lowest BCUT2D eigenvalue weighted by atomic mass is 10.2. The van der Waals surface area contributed by atoms with Crippen LogP contribution in [0.25, 0.3) is 0 Å². The minimum absolute atomic E-state index is 0.426. The molecule has 5 nitrogen and oxygen atoms in total. The number of hydrogen-bond donors (Lipinski definition) is 0. The second-order valence-electron chi connectivity index (χ2n) is 4.05. The van der Waals surface area contributed by atoms with Gasteiger partial charge >= 0.3 is 0 Å². The number of carbonyl (C=O) groups is 1. The summed E-state index contributed by atoms with van der Waals surface area (Å²) in [5, 5.41) is 12.9. The highest BCUT2D eigenvalue weighted by molar-refractivity contribution is 7.99. The summed E-state index contributed by atoms with van der Waals surface area (Å²) in [6, 6.07) is 5.60. The summed E-state index contributed by atoms with van der Waals surface area (Å²) in [4.78, 5) is 11.5. The normalized spacial score (nSPS) is 14.7. The molecule has 2 aromatic rings. The van der Waals surface area contributed by atoms with E-state index < -0.39 is 0 Å². The molecule has 7 heteroatoms. The molecule has 0 aliphatic heterocycles. The molecule has 1 saturated carbocycles. The van der Waals surface area contributed by atoms with Gasteiger partial charge in [0.15, 0.2) is 0 Å². The van der Waals surface area contributed by atoms with E-state index in [0.717, 1.165) is 29.2 Å². The second-order valence-corrected chi connectivity index (χ2v) is 5.46. The van der Waals surface area contributed by atoms with Gasteiger partial charge in [0.25, 0.3) is 0 Å². The van der Waals surface area contributed by atoms with E-state index in [9.17, 15) is 4.79 Å². The number of nitrogens with zero attached hydrogens (tertiary/aromatic N) is 4. The Hall–Kier alpha value is -1.40. The standard InChI is InChI=1S/C11H9ClN4OS/c12-9-5-7(6-17)1-4-10(9)18-11-13-14-15-16(11)8-2-3-8/h1,4-6,8H,2-3H2. The van der Waals surface area contributed by atoms with Crippen molar-refractivity contribution in [3.8, 4) is 0 Å². The van der Waals surface area contributed by atoms with E-state index in [4.69, 9.17) is 11.6 Å². The summed E-state index contributed by atoms with van der Waals surface area (Å²) >= 11 is 7.53. The van der Waals surface area contributed by atoms with Crippen LogP contribution in [0.2, 0.25) is 5.02 Å². The van der Waals surface area contributed by atoms with Crippen molar-refractivity contribution < 1.29 is 4.79 Å². The van der Waals surface area contributed by atoms with Crippen LogP contribution in [0.15, 0.2) is 28.3 Å². The maximum Gasteiger partial charge on any atom is 0.214 e. The van der Waals surface area contributed by atoms with Crippen molar-refractivity contribution in [2.75, 3.05) is 0 Å². The van der Waals surface area contributed by atoms with E-state index in [1.807, 2.05) is 10.7 Å². The van der Waals surface area contributed by atoms with Crippen LogP contribution in [0.3, 0.4) is 0 Å². The van der Waals surface area contributed by atoms with Crippen molar-refractivity contribution in [1.29, 1.82) is 0 Å². The molecule has 0 bridgehead atoms. The van der Waals surface area contributed by atoms with Crippen molar-refractivity contribution in [3.05, 3.63) is 28.8 Å². The van der Waals surface area contributed by atoms with E-state index in [1.165, 1.54) is 11.8 Å². The van der Waals surface area contributed by atoms with E-state index in [0.29, 0.717) is 16.6 Å². The topological polar surface area (TPSA) is 60.7 Å². The van der Waals surface area contributed by atoms with Crippen molar-refractivity contribution >= 4 is 29.6 Å². The van der Waals surface area contributed by atoms with Crippen LogP contribution < -0.4 is 0 Å². The number of rotatable bonds is 4. The molecule has 18 heavy (non-hydrogen) atoms. The molecule has 0 saturated heterocycles. The molecule has 0 radical (unpaired) electrons. The Morgan fingerprint density at radius 2 is 2.28 bits per heavy atom. The van der Waals surface area contributed by atoms with Gasteiger partial charge in [0.05, 0.1) is 11.1 Å². The van der Waals surface area contributed by atoms with Gasteiger partial charge in [-0.25, -0.2) is 4.68 Å². The lowest BCUT2D eigenvalue weighted by molar-refractivity contribution is 0.112. The Labute approximate surface area is 113 Å². The van der Waals surface area contributed by atoms with Crippen LogP contribution in [-0.2, 0) is 0 Å². The van der Waals surface area contributed by atoms with Gasteiger partial charge in [-0.3, -0.25) is 4.79 Å². The van der Waals surface area contributed by atoms with Gasteiger partial charge in [-0.05, 0) is 47.2 Å².